The molecule has 0 unspecified atom stereocenters. The fraction of sp³-hybridized carbons (Fsp3) is 0.435. The third-order valence-electron chi connectivity index (χ3n) is 6.43. The van der Waals surface area contributed by atoms with Crippen molar-refractivity contribution in [1.29, 1.82) is 0 Å². The van der Waals surface area contributed by atoms with Crippen LogP contribution in [0.1, 0.15) is 54.7 Å². The van der Waals surface area contributed by atoms with Crippen LogP contribution < -0.4 is 5.56 Å². The minimum absolute atomic E-state index is 0.00363. The van der Waals surface area contributed by atoms with Gasteiger partial charge in [-0.05, 0) is 24.9 Å². The van der Waals surface area contributed by atoms with Crippen LogP contribution in [0.25, 0.3) is 5.65 Å². The van der Waals surface area contributed by atoms with Crippen LogP contribution in [0.15, 0.2) is 41.2 Å². The first-order valence-electron chi connectivity index (χ1n) is 10.8. The van der Waals surface area contributed by atoms with Crippen molar-refractivity contribution in [2.75, 3.05) is 13.1 Å². The van der Waals surface area contributed by atoms with Crippen LogP contribution >= 0.6 is 0 Å². The summed E-state index contributed by atoms with van der Waals surface area (Å²) >= 11 is 0. The highest BCUT2D eigenvalue weighted by Crippen LogP contribution is 2.32. The number of aromatic amines is 1. The normalized spacial score (nSPS) is 19.8. The standard InChI is InChI=1S/C23H27N5O2/c1-16(29)26-12-10-19-18(15-26)23(30)28-22(24-19)13-20(25-28)21-9-5-6-11-27(21)14-17-7-3-2-4-8-17/h2-4,7-8,13,21,25H,5-6,9-12,14-15H2,1H3/t21-/m0/s1. The average molecular weight is 406 g/mol. The van der Waals surface area contributed by atoms with Gasteiger partial charge in [0.2, 0.25) is 5.91 Å². The largest absolute Gasteiger partial charge is 0.338 e. The van der Waals surface area contributed by atoms with Crippen molar-refractivity contribution in [3.8, 4) is 0 Å². The second kappa shape index (κ2) is 7.72. The Kier molecular flexibility index (Phi) is 4.90. The Hall–Kier alpha value is -2.93. The number of carbonyl (C=O) groups is 1. The number of benzene rings is 1. The van der Waals surface area contributed by atoms with Crippen LogP contribution in [-0.2, 0) is 24.3 Å². The number of hydrogen-bond acceptors (Lipinski definition) is 4. The summed E-state index contributed by atoms with van der Waals surface area (Å²) < 4.78 is 1.56. The van der Waals surface area contributed by atoms with Gasteiger partial charge >= 0.3 is 0 Å². The van der Waals surface area contributed by atoms with Gasteiger partial charge in [0.15, 0.2) is 5.65 Å². The van der Waals surface area contributed by atoms with E-state index >= 15 is 0 Å². The molecule has 2 aromatic heterocycles. The number of fused-ring (bicyclic) bond motifs is 2. The molecule has 1 fully saturated rings. The summed E-state index contributed by atoms with van der Waals surface area (Å²) in [6, 6.07) is 12.8. The van der Waals surface area contributed by atoms with Gasteiger partial charge in [-0.2, -0.15) is 0 Å². The Labute approximate surface area is 175 Å². The maximum Gasteiger partial charge on any atom is 0.277 e. The number of amides is 1. The summed E-state index contributed by atoms with van der Waals surface area (Å²) in [4.78, 5) is 33.9. The van der Waals surface area contributed by atoms with Gasteiger partial charge in [-0.25, -0.2) is 9.50 Å². The number of aromatic nitrogens is 3. The van der Waals surface area contributed by atoms with Gasteiger partial charge in [-0.3, -0.25) is 19.6 Å². The van der Waals surface area contributed by atoms with Crippen molar-refractivity contribution >= 4 is 11.6 Å². The highest BCUT2D eigenvalue weighted by molar-refractivity contribution is 5.73. The van der Waals surface area contributed by atoms with E-state index in [9.17, 15) is 9.59 Å². The zero-order valence-corrected chi connectivity index (χ0v) is 17.3. The summed E-state index contributed by atoms with van der Waals surface area (Å²) in [6.07, 6.45) is 4.06. The third kappa shape index (κ3) is 3.43. The molecule has 0 radical (unpaired) electrons. The number of rotatable bonds is 3. The second-order valence-corrected chi connectivity index (χ2v) is 8.41. The number of likely N-dealkylation sites (tertiary alicyclic amines) is 1. The van der Waals surface area contributed by atoms with E-state index in [0.29, 0.717) is 30.7 Å². The van der Waals surface area contributed by atoms with Crippen molar-refractivity contribution in [3.05, 3.63) is 69.3 Å². The third-order valence-corrected chi connectivity index (χ3v) is 6.43. The second-order valence-electron chi connectivity index (χ2n) is 8.41. The van der Waals surface area contributed by atoms with Gasteiger partial charge in [-0.15, -0.1) is 0 Å². The van der Waals surface area contributed by atoms with Crippen LogP contribution in [0.5, 0.6) is 0 Å². The maximum atomic E-state index is 13.2. The van der Waals surface area contributed by atoms with Crippen LogP contribution in [0.4, 0.5) is 0 Å². The molecule has 0 saturated carbocycles. The molecule has 1 saturated heterocycles. The molecule has 0 spiro atoms. The Morgan fingerprint density at radius 1 is 1.20 bits per heavy atom. The molecule has 5 rings (SSSR count). The first kappa shape index (κ1) is 19.1. The number of nitrogens with zero attached hydrogens (tertiary/aromatic N) is 4. The van der Waals surface area contributed by atoms with Crippen molar-refractivity contribution in [3.63, 3.8) is 0 Å². The lowest BCUT2D eigenvalue weighted by Crippen LogP contribution is -2.39. The number of carbonyl (C=O) groups excluding carboxylic acids is 1. The summed E-state index contributed by atoms with van der Waals surface area (Å²) in [5.74, 6) is -0.00363. The molecule has 1 amide bonds. The molecule has 0 bridgehead atoms. The molecule has 7 nitrogen and oxygen atoms in total. The van der Waals surface area contributed by atoms with Crippen molar-refractivity contribution in [1.82, 2.24) is 24.4 Å². The SMILES string of the molecule is CC(=O)N1CCc2nc3cc([C@@H]4CCCCN4Cc4ccccc4)[nH]n3c(=O)c2C1. The maximum absolute atomic E-state index is 13.2. The average Bonchev–Trinajstić information content (AvgIpc) is 3.19. The molecular formula is C23H27N5O2. The van der Waals surface area contributed by atoms with Gasteiger partial charge in [-0.1, -0.05) is 36.8 Å². The topological polar surface area (TPSA) is 73.7 Å². The first-order chi connectivity index (χ1) is 14.6. The highest BCUT2D eigenvalue weighted by atomic mass is 16.2. The fourth-order valence-electron chi connectivity index (χ4n) is 4.79. The zero-order valence-electron chi connectivity index (χ0n) is 17.3. The van der Waals surface area contributed by atoms with E-state index < -0.39 is 0 Å². The Morgan fingerprint density at radius 2 is 2.03 bits per heavy atom. The molecule has 2 aliphatic rings. The Balaban J connectivity index is 1.49. The molecular weight excluding hydrogens is 378 g/mol. The summed E-state index contributed by atoms with van der Waals surface area (Å²) in [5.41, 5.74) is 4.39. The Morgan fingerprint density at radius 3 is 2.83 bits per heavy atom. The van der Waals surface area contributed by atoms with Gasteiger partial charge in [0.05, 0.1) is 29.5 Å². The number of nitrogens with one attached hydrogen (secondary N) is 1. The summed E-state index contributed by atoms with van der Waals surface area (Å²) in [5, 5.41) is 3.34. The predicted molar refractivity (Wildman–Crippen MR) is 114 cm³/mol. The smallest absolute Gasteiger partial charge is 0.277 e. The molecule has 30 heavy (non-hydrogen) atoms. The van der Waals surface area contributed by atoms with E-state index in [1.54, 1.807) is 16.3 Å². The monoisotopic (exact) mass is 405 g/mol. The zero-order chi connectivity index (χ0) is 20.7. The molecule has 4 heterocycles. The molecule has 1 atom stereocenters. The van der Waals surface area contributed by atoms with E-state index in [0.717, 1.165) is 30.9 Å². The highest BCUT2D eigenvalue weighted by Gasteiger charge is 2.28. The van der Waals surface area contributed by atoms with E-state index in [1.165, 1.54) is 18.4 Å². The first-order valence-corrected chi connectivity index (χ1v) is 10.8. The van der Waals surface area contributed by atoms with Crippen LogP contribution in [-0.4, -0.2) is 43.4 Å². The molecule has 7 heteroatoms. The number of piperidine rings is 1. The van der Waals surface area contributed by atoms with Crippen molar-refractivity contribution in [2.45, 2.75) is 51.7 Å². The predicted octanol–water partition coefficient (Wildman–Crippen LogP) is 2.65. The molecule has 3 aromatic rings. The van der Waals surface area contributed by atoms with E-state index in [1.807, 2.05) is 12.1 Å². The van der Waals surface area contributed by atoms with E-state index in [2.05, 4.69) is 34.3 Å². The summed E-state index contributed by atoms with van der Waals surface area (Å²) in [7, 11) is 0. The fourth-order valence-corrected chi connectivity index (χ4v) is 4.79. The number of hydrogen-bond donors (Lipinski definition) is 1. The van der Waals surface area contributed by atoms with Crippen molar-refractivity contribution in [2.24, 2.45) is 0 Å². The molecule has 1 aromatic carbocycles. The van der Waals surface area contributed by atoms with Crippen LogP contribution in [0.3, 0.4) is 0 Å². The molecule has 156 valence electrons. The van der Waals surface area contributed by atoms with Gasteiger partial charge < -0.3 is 4.90 Å². The lowest BCUT2D eigenvalue weighted by atomic mass is 9.98. The summed E-state index contributed by atoms with van der Waals surface area (Å²) in [6.45, 7) is 4.45. The van der Waals surface area contributed by atoms with Gasteiger partial charge in [0.25, 0.3) is 5.56 Å². The lowest BCUT2D eigenvalue weighted by Gasteiger charge is -2.35. The van der Waals surface area contributed by atoms with E-state index in [4.69, 9.17) is 4.98 Å². The minimum Gasteiger partial charge on any atom is -0.338 e. The molecule has 2 aliphatic heterocycles. The minimum atomic E-state index is -0.0855. The lowest BCUT2D eigenvalue weighted by molar-refractivity contribution is -0.129. The van der Waals surface area contributed by atoms with Gasteiger partial charge in [0, 0.05) is 32.5 Å². The quantitative estimate of drug-likeness (QED) is 0.727. The Bertz CT molecular complexity index is 1130. The number of H-pyrrole nitrogens is 1. The van der Waals surface area contributed by atoms with Gasteiger partial charge in [0.1, 0.15) is 0 Å². The van der Waals surface area contributed by atoms with Crippen LogP contribution in [0, 0.1) is 0 Å². The molecule has 1 N–H and O–H groups in total. The molecule has 0 aliphatic carbocycles. The van der Waals surface area contributed by atoms with E-state index in [-0.39, 0.29) is 17.5 Å². The van der Waals surface area contributed by atoms with Crippen molar-refractivity contribution < 1.29 is 4.79 Å². The van der Waals surface area contributed by atoms with Crippen LogP contribution in [0.2, 0.25) is 0 Å².